The first-order valence-electron chi connectivity index (χ1n) is 5.74. The van der Waals surface area contributed by atoms with Crippen molar-refractivity contribution >= 4 is 0 Å². The van der Waals surface area contributed by atoms with E-state index in [9.17, 15) is 4.39 Å². The molecule has 0 aliphatic heterocycles. The van der Waals surface area contributed by atoms with Gasteiger partial charge in [-0.1, -0.05) is 19.1 Å². The topological polar surface area (TPSA) is 12.0 Å². The predicted molar refractivity (Wildman–Crippen MR) is 60.5 cm³/mol. The Hall–Kier alpha value is -0.890. The normalized spacial score (nSPS) is 17.7. The summed E-state index contributed by atoms with van der Waals surface area (Å²) < 4.78 is 12.8. The van der Waals surface area contributed by atoms with Gasteiger partial charge in [0.05, 0.1) is 0 Å². The zero-order valence-electron chi connectivity index (χ0n) is 9.22. The Bertz CT molecular complexity index is 314. The summed E-state index contributed by atoms with van der Waals surface area (Å²) in [7, 11) is 0. The van der Waals surface area contributed by atoms with Gasteiger partial charge >= 0.3 is 0 Å². The lowest BCUT2D eigenvalue weighted by molar-refractivity contribution is 0.568. The van der Waals surface area contributed by atoms with Crippen molar-refractivity contribution in [1.29, 1.82) is 0 Å². The third kappa shape index (κ3) is 2.37. The highest BCUT2D eigenvalue weighted by Crippen LogP contribution is 2.47. The molecule has 1 fully saturated rings. The minimum atomic E-state index is -0.143. The summed E-state index contributed by atoms with van der Waals surface area (Å²) in [5, 5.41) is 3.46. The van der Waals surface area contributed by atoms with Gasteiger partial charge in [-0.15, -0.1) is 0 Å². The van der Waals surface area contributed by atoms with Gasteiger partial charge in [-0.25, -0.2) is 4.39 Å². The first kappa shape index (κ1) is 10.6. The summed E-state index contributed by atoms with van der Waals surface area (Å²) in [4.78, 5) is 0. The van der Waals surface area contributed by atoms with Crippen LogP contribution in [0, 0.1) is 5.82 Å². The van der Waals surface area contributed by atoms with E-state index in [1.54, 1.807) is 12.1 Å². The molecule has 1 nitrogen and oxygen atoms in total. The van der Waals surface area contributed by atoms with Crippen LogP contribution in [-0.2, 0) is 5.41 Å². The quantitative estimate of drug-likeness (QED) is 0.732. The summed E-state index contributed by atoms with van der Waals surface area (Å²) in [5.41, 5.74) is 1.59. The van der Waals surface area contributed by atoms with Gasteiger partial charge in [0, 0.05) is 12.0 Å². The van der Waals surface area contributed by atoms with Crippen molar-refractivity contribution in [2.45, 2.75) is 31.6 Å². The lowest BCUT2D eigenvalue weighted by Gasteiger charge is -2.16. The van der Waals surface area contributed by atoms with E-state index in [0.717, 1.165) is 13.1 Å². The van der Waals surface area contributed by atoms with Crippen LogP contribution < -0.4 is 5.32 Å². The average molecular weight is 207 g/mol. The zero-order chi connectivity index (χ0) is 10.7. The van der Waals surface area contributed by atoms with E-state index >= 15 is 0 Å². The average Bonchev–Trinajstić information content (AvgIpc) is 3.00. The van der Waals surface area contributed by atoms with Gasteiger partial charge in [-0.2, -0.15) is 0 Å². The van der Waals surface area contributed by atoms with Crippen LogP contribution in [0.2, 0.25) is 0 Å². The third-order valence-electron chi connectivity index (χ3n) is 3.20. The molecule has 0 amide bonds. The van der Waals surface area contributed by atoms with Crippen molar-refractivity contribution in [3.8, 4) is 0 Å². The van der Waals surface area contributed by atoms with Crippen LogP contribution in [0.4, 0.5) is 4.39 Å². The highest BCUT2D eigenvalue weighted by molar-refractivity contribution is 5.32. The molecule has 1 aromatic carbocycles. The van der Waals surface area contributed by atoms with E-state index in [1.807, 2.05) is 12.1 Å². The maximum absolute atomic E-state index is 12.8. The number of hydrogen-bond donors (Lipinski definition) is 1. The fraction of sp³-hybridized carbons (Fsp3) is 0.538. The molecule has 0 radical (unpaired) electrons. The van der Waals surface area contributed by atoms with Crippen LogP contribution in [0.1, 0.15) is 31.7 Å². The summed E-state index contributed by atoms with van der Waals surface area (Å²) >= 11 is 0. The minimum Gasteiger partial charge on any atom is -0.316 e. The standard InChI is InChI=1S/C13H18FN/c1-2-9-15-10-13(7-8-13)11-3-5-12(14)6-4-11/h3-6,15H,2,7-10H2,1H3. The van der Waals surface area contributed by atoms with Gasteiger partial charge < -0.3 is 5.32 Å². The van der Waals surface area contributed by atoms with Crippen molar-refractivity contribution in [2.75, 3.05) is 13.1 Å². The smallest absolute Gasteiger partial charge is 0.123 e. The lowest BCUT2D eigenvalue weighted by Crippen LogP contribution is -2.27. The molecule has 1 aromatic rings. The fourth-order valence-corrected chi connectivity index (χ4v) is 2.03. The third-order valence-corrected chi connectivity index (χ3v) is 3.20. The monoisotopic (exact) mass is 207 g/mol. The second-order valence-electron chi connectivity index (χ2n) is 4.46. The molecule has 0 bridgehead atoms. The number of halogens is 1. The molecule has 2 heteroatoms. The maximum atomic E-state index is 12.8. The Kier molecular flexibility index (Phi) is 3.06. The predicted octanol–water partition coefficient (Wildman–Crippen LogP) is 2.86. The molecule has 82 valence electrons. The molecule has 1 N–H and O–H groups in total. The van der Waals surface area contributed by atoms with Crippen LogP contribution in [0.3, 0.4) is 0 Å². The molecule has 0 atom stereocenters. The van der Waals surface area contributed by atoms with E-state index in [0.29, 0.717) is 5.41 Å². The Morgan fingerprint density at radius 3 is 2.47 bits per heavy atom. The Morgan fingerprint density at radius 2 is 1.93 bits per heavy atom. The van der Waals surface area contributed by atoms with Crippen molar-refractivity contribution in [2.24, 2.45) is 0 Å². The highest BCUT2D eigenvalue weighted by Gasteiger charge is 2.43. The SMILES string of the molecule is CCCNCC1(c2ccc(F)cc2)CC1. The summed E-state index contributed by atoms with van der Waals surface area (Å²) in [6.07, 6.45) is 3.63. The molecule has 0 heterocycles. The molecule has 15 heavy (non-hydrogen) atoms. The Morgan fingerprint density at radius 1 is 1.27 bits per heavy atom. The van der Waals surface area contributed by atoms with Crippen LogP contribution in [0.25, 0.3) is 0 Å². The molecule has 0 saturated heterocycles. The van der Waals surface area contributed by atoms with Crippen molar-refractivity contribution in [3.63, 3.8) is 0 Å². The van der Waals surface area contributed by atoms with Gasteiger partial charge in [-0.3, -0.25) is 0 Å². The van der Waals surface area contributed by atoms with Crippen LogP contribution in [0.5, 0.6) is 0 Å². The first-order valence-corrected chi connectivity index (χ1v) is 5.74. The number of benzene rings is 1. The molecule has 2 rings (SSSR count). The Labute approximate surface area is 90.7 Å². The molecule has 1 aliphatic carbocycles. The van der Waals surface area contributed by atoms with E-state index in [4.69, 9.17) is 0 Å². The van der Waals surface area contributed by atoms with Gasteiger partial charge in [-0.05, 0) is 43.5 Å². The zero-order valence-corrected chi connectivity index (χ0v) is 9.22. The summed E-state index contributed by atoms with van der Waals surface area (Å²) in [6.45, 7) is 4.28. The maximum Gasteiger partial charge on any atom is 0.123 e. The second kappa shape index (κ2) is 4.31. The molecule has 0 spiro atoms. The highest BCUT2D eigenvalue weighted by atomic mass is 19.1. The summed E-state index contributed by atoms with van der Waals surface area (Å²) in [6, 6.07) is 6.98. The van der Waals surface area contributed by atoms with Crippen LogP contribution in [0.15, 0.2) is 24.3 Å². The molecule has 1 saturated carbocycles. The molecular formula is C13H18FN. The van der Waals surface area contributed by atoms with E-state index in [2.05, 4.69) is 12.2 Å². The van der Waals surface area contributed by atoms with Crippen LogP contribution >= 0.6 is 0 Å². The van der Waals surface area contributed by atoms with E-state index < -0.39 is 0 Å². The first-order chi connectivity index (χ1) is 7.27. The second-order valence-corrected chi connectivity index (χ2v) is 4.46. The van der Waals surface area contributed by atoms with Crippen molar-refractivity contribution < 1.29 is 4.39 Å². The number of hydrogen-bond acceptors (Lipinski definition) is 1. The number of rotatable bonds is 5. The fourth-order valence-electron chi connectivity index (χ4n) is 2.03. The molecule has 0 unspecified atom stereocenters. The molecular weight excluding hydrogens is 189 g/mol. The van der Waals surface area contributed by atoms with Crippen LogP contribution in [-0.4, -0.2) is 13.1 Å². The largest absolute Gasteiger partial charge is 0.316 e. The van der Waals surface area contributed by atoms with E-state index in [-0.39, 0.29) is 5.82 Å². The Balaban J connectivity index is 1.99. The van der Waals surface area contributed by atoms with E-state index in [1.165, 1.54) is 24.8 Å². The van der Waals surface area contributed by atoms with Gasteiger partial charge in [0.1, 0.15) is 5.82 Å². The van der Waals surface area contributed by atoms with Crippen molar-refractivity contribution in [3.05, 3.63) is 35.6 Å². The van der Waals surface area contributed by atoms with Gasteiger partial charge in [0.25, 0.3) is 0 Å². The lowest BCUT2D eigenvalue weighted by atomic mass is 9.96. The summed E-state index contributed by atoms with van der Waals surface area (Å²) in [5.74, 6) is -0.143. The van der Waals surface area contributed by atoms with Crippen molar-refractivity contribution in [1.82, 2.24) is 5.32 Å². The molecule has 1 aliphatic rings. The minimum absolute atomic E-state index is 0.143. The number of nitrogens with one attached hydrogen (secondary N) is 1. The molecule has 0 aromatic heterocycles. The van der Waals surface area contributed by atoms with Gasteiger partial charge in [0.15, 0.2) is 0 Å². The van der Waals surface area contributed by atoms with Gasteiger partial charge in [0.2, 0.25) is 0 Å².